The van der Waals surface area contributed by atoms with Gasteiger partial charge in [0.25, 0.3) is 5.91 Å². The van der Waals surface area contributed by atoms with Crippen LogP contribution in [0.25, 0.3) is 0 Å². The zero-order chi connectivity index (χ0) is 18.0. The van der Waals surface area contributed by atoms with Crippen molar-refractivity contribution in [3.8, 4) is 0 Å². The molecule has 1 fully saturated rings. The van der Waals surface area contributed by atoms with Gasteiger partial charge in [0, 0.05) is 16.6 Å². The Kier molecular flexibility index (Phi) is 5.15. The molecule has 7 heteroatoms. The first kappa shape index (κ1) is 17.9. The summed E-state index contributed by atoms with van der Waals surface area (Å²) >= 11 is 3.37. The van der Waals surface area contributed by atoms with Crippen molar-refractivity contribution < 1.29 is 22.7 Å². The van der Waals surface area contributed by atoms with Crippen molar-refractivity contribution in [2.45, 2.75) is 12.3 Å². The average molecular weight is 414 g/mol. The molecule has 0 aliphatic carbocycles. The molecule has 1 aliphatic heterocycles. The minimum atomic E-state index is -4.41. The smallest absolute Gasteiger partial charge is 0.370 e. The Hall–Kier alpha value is -1.86. The minimum Gasteiger partial charge on any atom is -0.370 e. The number of amides is 1. The lowest BCUT2D eigenvalue weighted by Gasteiger charge is -2.33. The molecule has 1 heterocycles. The van der Waals surface area contributed by atoms with E-state index >= 15 is 0 Å². The number of morpholine rings is 1. The van der Waals surface area contributed by atoms with Crippen molar-refractivity contribution in [1.82, 2.24) is 4.90 Å². The molecule has 0 saturated carbocycles. The molecule has 1 aliphatic rings. The van der Waals surface area contributed by atoms with Gasteiger partial charge in [-0.25, -0.2) is 0 Å². The molecule has 3 rings (SSSR count). The van der Waals surface area contributed by atoms with Gasteiger partial charge in [-0.2, -0.15) is 13.2 Å². The fraction of sp³-hybridized carbons (Fsp3) is 0.278. The quantitative estimate of drug-likeness (QED) is 0.714. The van der Waals surface area contributed by atoms with E-state index in [1.807, 2.05) is 24.3 Å². The van der Waals surface area contributed by atoms with Crippen LogP contribution in [-0.4, -0.2) is 30.5 Å². The van der Waals surface area contributed by atoms with E-state index in [0.717, 1.165) is 22.2 Å². The molecule has 0 spiro atoms. The van der Waals surface area contributed by atoms with Crippen molar-refractivity contribution >= 4 is 21.8 Å². The number of alkyl halides is 3. The molecule has 1 atom stereocenters. The molecule has 1 amide bonds. The van der Waals surface area contributed by atoms with Gasteiger partial charge in [0.1, 0.15) is 6.10 Å². The summed E-state index contributed by atoms with van der Waals surface area (Å²) in [6.07, 6.45) is -4.66. The highest BCUT2D eigenvalue weighted by molar-refractivity contribution is 9.10. The normalized spacial score (nSPS) is 18.2. The number of halogens is 4. The Balaban J connectivity index is 1.72. The first-order chi connectivity index (χ1) is 11.8. The van der Waals surface area contributed by atoms with Gasteiger partial charge in [-0.05, 0) is 42.0 Å². The van der Waals surface area contributed by atoms with Gasteiger partial charge in [-0.1, -0.05) is 28.1 Å². The van der Waals surface area contributed by atoms with Crippen LogP contribution in [-0.2, 0) is 10.9 Å². The van der Waals surface area contributed by atoms with Crippen molar-refractivity contribution in [1.29, 1.82) is 0 Å². The summed E-state index contributed by atoms with van der Waals surface area (Å²) in [6.45, 7) is 1.15. The SMILES string of the molecule is O=C(c1ccc(C(F)(F)F)cc1)N1CCOC(c2ccc(Br)cc2)C1. The van der Waals surface area contributed by atoms with E-state index in [2.05, 4.69) is 15.9 Å². The molecule has 1 unspecified atom stereocenters. The van der Waals surface area contributed by atoms with Crippen molar-refractivity contribution in [3.05, 3.63) is 69.7 Å². The summed E-state index contributed by atoms with van der Waals surface area (Å²) < 4.78 is 44.6. The first-order valence-electron chi connectivity index (χ1n) is 7.68. The number of benzene rings is 2. The Labute approximate surface area is 151 Å². The lowest BCUT2D eigenvalue weighted by molar-refractivity contribution is -0.137. The van der Waals surface area contributed by atoms with E-state index in [1.54, 1.807) is 4.90 Å². The zero-order valence-electron chi connectivity index (χ0n) is 13.1. The highest BCUT2D eigenvalue weighted by Gasteiger charge is 2.31. The molecule has 2 aromatic carbocycles. The molecule has 0 aromatic heterocycles. The van der Waals surface area contributed by atoms with Gasteiger partial charge >= 0.3 is 6.18 Å². The molecule has 0 N–H and O–H groups in total. The molecular formula is C18H15BrF3NO2. The van der Waals surface area contributed by atoms with Gasteiger partial charge < -0.3 is 9.64 Å². The molecule has 0 bridgehead atoms. The number of hydrogen-bond acceptors (Lipinski definition) is 2. The predicted octanol–water partition coefficient (Wildman–Crippen LogP) is 4.68. The Morgan fingerprint density at radius 1 is 1.08 bits per heavy atom. The second kappa shape index (κ2) is 7.17. The molecule has 0 radical (unpaired) electrons. The van der Waals surface area contributed by atoms with Crippen LogP contribution in [0.1, 0.15) is 27.6 Å². The van der Waals surface area contributed by atoms with E-state index in [9.17, 15) is 18.0 Å². The van der Waals surface area contributed by atoms with Crippen LogP contribution in [0, 0.1) is 0 Å². The number of hydrogen-bond donors (Lipinski definition) is 0. The molecule has 1 saturated heterocycles. The summed E-state index contributed by atoms with van der Waals surface area (Å²) in [7, 11) is 0. The summed E-state index contributed by atoms with van der Waals surface area (Å²) in [5, 5.41) is 0. The Bertz CT molecular complexity index is 744. The number of nitrogens with zero attached hydrogens (tertiary/aromatic N) is 1. The average Bonchev–Trinajstić information content (AvgIpc) is 2.61. The largest absolute Gasteiger partial charge is 0.416 e. The van der Waals surface area contributed by atoms with E-state index in [0.29, 0.717) is 19.7 Å². The summed E-state index contributed by atoms with van der Waals surface area (Å²) in [6, 6.07) is 11.9. The zero-order valence-corrected chi connectivity index (χ0v) is 14.7. The van der Waals surface area contributed by atoms with Crippen LogP contribution in [0.4, 0.5) is 13.2 Å². The summed E-state index contributed by atoms with van der Waals surface area (Å²) in [4.78, 5) is 14.2. The summed E-state index contributed by atoms with van der Waals surface area (Å²) in [5.41, 5.74) is 0.427. The van der Waals surface area contributed by atoms with Crippen LogP contribution in [0.3, 0.4) is 0 Å². The van der Waals surface area contributed by atoms with Crippen LogP contribution in [0.5, 0.6) is 0 Å². The molecule has 132 valence electrons. The number of carbonyl (C=O) groups excluding carboxylic acids is 1. The third-order valence-electron chi connectivity index (χ3n) is 4.05. The van der Waals surface area contributed by atoms with Crippen molar-refractivity contribution in [3.63, 3.8) is 0 Å². The van der Waals surface area contributed by atoms with E-state index in [4.69, 9.17) is 4.74 Å². The van der Waals surface area contributed by atoms with Gasteiger partial charge in [0.15, 0.2) is 0 Å². The van der Waals surface area contributed by atoms with Gasteiger partial charge in [-0.3, -0.25) is 4.79 Å². The van der Waals surface area contributed by atoms with Gasteiger partial charge in [0.2, 0.25) is 0 Å². The maximum atomic E-state index is 12.6. The number of carbonyl (C=O) groups is 1. The van der Waals surface area contributed by atoms with E-state index in [1.165, 1.54) is 12.1 Å². The standard InChI is InChI=1S/C18H15BrF3NO2/c19-15-7-3-12(4-8-15)16-11-23(9-10-25-16)17(24)13-1-5-14(6-2-13)18(20,21)22/h1-8,16H,9-11H2. The van der Waals surface area contributed by atoms with Crippen molar-refractivity contribution in [2.75, 3.05) is 19.7 Å². The number of ether oxygens (including phenoxy) is 1. The molecule has 25 heavy (non-hydrogen) atoms. The lowest BCUT2D eigenvalue weighted by Crippen LogP contribution is -2.42. The molecule has 2 aromatic rings. The van der Waals surface area contributed by atoms with Crippen LogP contribution < -0.4 is 0 Å². The third-order valence-corrected chi connectivity index (χ3v) is 4.58. The summed E-state index contributed by atoms with van der Waals surface area (Å²) in [5.74, 6) is -0.292. The second-order valence-electron chi connectivity index (χ2n) is 5.74. The highest BCUT2D eigenvalue weighted by atomic mass is 79.9. The van der Waals surface area contributed by atoms with E-state index < -0.39 is 11.7 Å². The van der Waals surface area contributed by atoms with Crippen LogP contribution in [0.2, 0.25) is 0 Å². The van der Waals surface area contributed by atoms with Crippen LogP contribution in [0.15, 0.2) is 53.0 Å². The molecule has 3 nitrogen and oxygen atoms in total. The van der Waals surface area contributed by atoms with E-state index in [-0.39, 0.29) is 17.6 Å². The topological polar surface area (TPSA) is 29.5 Å². The van der Waals surface area contributed by atoms with Crippen LogP contribution >= 0.6 is 15.9 Å². The minimum absolute atomic E-state index is 0.240. The second-order valence-corrected chi connectivity index (χ2v) is 6.65. The predicted molar refractivity (Wildman–Crippen MR) is 90.2 cm³/mol. The van der Waals surface area contributed by atoms with Gasteiger partial charge in [0.05, 0.1) is 18.7 Å². The number of rotatable bonds is 2. The third kappa shape index (κ3) is 4.22. The highest BCUT2D eigenvalue weighted by Crippen LogP contribution is 2.30. The van der Waals surface area contributed by atoms with Crippen molar-refractivity contribution in [2.24, 2.45) is 0 Å². The first-order valence-corrected chi connectivity index (χ1v) is 8.47. The lowest BCUT2D eigenvalue weighted by atomic mass is 10.1. The molecular weight excluding hydrogens is 399 g/mol. The fourth-order valence-corrected chi connectivity index (χ4v) is 2.96. The Morgan fingerprint density at radius 3 is 2.32 bits per heavy atom. The Morgan fingerprint density at radius 2 is 1.72 bits per heavy atom. The maximum absolute atomic E-state index is 12.6. The fourth-order valence-electron chi connectivity index (χ4n) is 2.70. The van der Waals surface area contributed by atoms with Gasteiger partial charge in [-0.15, -0.1) is 0 Å². The monoisotopic (exact) mass is 413 g/mol. The maximum Gasteiger partial charge on any atom is 0.416 e.